The molecule has 0 atom stereocenters. The van der Waals surface area contributed by atoms with E-state index >= 15 is 0 Å². The molecule has 0 aromatic heterocycles. The van der Waals surface area contributed by atoms with Crippen LogP contribution in [0.25, 0.3) is 0 Å². The molecule has 5 heteroatoms. The van der Waals surface area contributed by atoms with Gasteiger partial charge in [-0.25, -0.2) is 4.18 Å². The van der Waals surface area contributed by atoms with E-state index in [1.165, 1.54) is 0 Å². The lowest BCUT2D eigenvalue weighted by Gasteiger charge is -2.40. The van der Waals surface area contributed by atoms with Crippen molar-refractivity contribution >= 4 is 10.4 Å². The van der Waals surface area contributed by atoms with Crippen molar-refractivity contribution < 1.29 is 17.2 Å². The number of rotatable bonds is 3. The second kappa shape index (κ2) is 4.39. The van der Waals surface area contributed by atoms with Gasteiger partial charge in [0.05, 0.1) is 6.61 Å². The van der Waals surface area contributed by atoms with Gasteiger partial charge in [-0.05, 0) is 16.7 Å². The van der Waals surface area contributed by atoms with Crippen LogP contribution in [0.5, 0.6) is 0 Å². The van der Waals surface area contributed by atoms with E-state index in [1.807, 2.05) is 41.5 Å². The van der Waals surface area contributed by atoms with E-state index in [0.717, 1.165) is 0 Å². The van der Waals surface area contributed by atoms with Crippen molar-refractivity contribution in [3.8, 4) is 0 Å². The van der Waals surface area contributed by atoms with Crippen molar-refractivity contribution in [1.29, 1.82) is 0 Å². The summed E-state index contributed by atoms with van der Waals surface area (Å²) in [6.07, 6.45) is 0. The molecule has 0 rings (SSSR count). The molecule has 0 spiro atoms. The summed E-state index contributed by atoms with van der Waals surface area (Å²) in [7, 11) is -4.34. The van der Waals surface area contributed by atoms with E-state index in [2.05, 4.69) is 4.18 Å². The summed E-state index contributed by atoms with van der Waals surface area (Å²) >= 11 is 0. The van der Waals surface area contributed by atoms with E-state index in [-0.39, 0.29) is 23.4 Å². The fourth-order valence-corrected chi connectivity index (χ4v) is 2.26. The lowest BCUT2D eigenvalue weighted by atomic mass is 9.67. The van der Waals surface area contributed by atoms with E-state index in [1.54, 1.807) is 0 Å². The zero-order chi connectivity index (χ0) is 12.5. The van der Waals surface area contributed by atoms with Gasteiger partial charge >= 0.3 is 10.4 Å². The molecule has 4 nitrogen and oxygen atoms in total. The standard InChI is InChI=1S/C10H22O4S/c1-9(2,3)8(10(4,5)6)7-14-15(11,12)13/h8H,7H2,1-6H3,(H,11,12,13). The van der Waals surface area contributed by atoms with Crippen LogP contribution in [0, 0.1) is 16.7 Å². The second-order valence-corrected chi connectivity index (χ2v) is 7.09. The zero-order valence-corrected chi connectivity index (χ0v) is 11.2. The maximum atomic E-state index is 10.5. The molecule has 0 bridgehead atoms. The molecule has 0 saturated carbocycles. The first-order chi connectivity index (χ1) is 6.34. The molecule has 92 valence electrons. The minimum absolute atomic E-state index is 0.00579. The van der Waals surface area contributed by atoms with Crippen LogP contribution >= 0.6 is 0 Å². The molecule has 0 aromatic rings. The zero-order valence-electron chi connectivity index (χ0n) is 10.4. The Kier molecular flexibility index (Phi) is 4.35. The van der Waals surface area contributed by atoms with Crippen LogP contribution in [0.2, 0.25) is 0 Å². The van der Waals surface area contributed by atoms with Crippen molar-refractivity contribution in [3.63, 3.8) is 0 Å². The van der Waals surface area contributed by atoms with Crippen molar-refractivity contribution in [2.24, 2.45) is 16.7 Å². The average molecular weight is 238 g/mol. The largest absolute Gasteiger partial charge is 0.397 e. The van der Waals surface area contributed by atoms with Crippen LogP contribution in [0.1, 0.15) is 41.5 Å². The molecule has 0 aliphatic rings. The van der Waals surface area contributed by atoms with Gasteiger partial charge in [0.25, 0.3) is 0 Å². The first-order valence-electron chi connectivity index (χ1n) is 4.96. The summed E-state index contributed by atoms with van der Waals surface area (Å²) in [6.45, 7) is 12.2. The smallest absolute Gasteiger partial charge is 0.264 e. The molecule has 15 heavy (non-hydrogen) atoms. The summed E-state index contributed by atoms with van der Waals surface area (Å²) in [5, 5.41) is 0. The van der Waals surface area contributed by atoms with E-state index < -0.39 is 10.4 Å². The van der Waals surface area contributed by atoms with Gasteiger partial charge in [0.1, 0.15) is 0 Å². The highest BCUT2D eigenvalue weighted by molar-refractivity contribution is 7.80. The highest BCUT2D eigenvalue weighted by Crippen LogP contribution is 2.40. The molecule has 1 N–H and O–H groups in total. The van der Waals surface area contributed by atoms with Crippen LogP contribution in [-0.2, 0) is 14.6 Å². The summed E-state index contributed by atoms with van der Waals surface area (Å²) in [4.78, 5) is 0. The third-order valence-corrected chi connectivity index (χ3v) is 2.91. The quantitative estimate of drug-likeness (QED) is 0.767. The van der Waals surface area contributed by atoms with Gasteiger partial charge in [-0.15, -0.1) is 0 Å². The third kappa shape index (κ3) is 6.12. The average Bonchev–Trinajstić information content (AvgIpc) is 1.75. The lowest BCUT2D eigenvalue weighted by molar-refractivity contribution is 0.0486. The van der Waals surface area contributed by atoms with Gasteiger partial charge < -0.3 is 0 Å². The maximum Gasteiger partial charge on any atom is 0.397 e. The van der Waals surface area contributed by atoms with Crippen LogP contribution < -0.4 is 0 Å². The number of hydrogen-bond donors (Lipinski definition) is 1. The fourth-order valence-electron chi connectivity index (χ4n) is 1.95. The fraction of sp³-hybridized carbons (Fsp3) is 1.00. The Morgan fingerprint density at radius 1 is 1.07 bits per heavy atom. The summed E-state index contributed by atoms with van der Waals surface area (Å²) in [5.41, 5.74) is -0.161. The van der Waals surface area contributed by atoms with Crippen molar-refractivity contribution in [2.75, 3.05) is 6.61 Å². The van der Waals surface area contributed by atoms with Crippen LogP contribution in [0.3, 0.4) is 0 Å². The van der Waals surface area contributed by atoms with Gasteiger partial charge in [0.15, 0.2) is 0 Å². The van der Waals surface area contributed by atoms with Gasteiger partial charge in [0, 0.05) is 0 Å². The second-order valence-electron chi connectivity index (χ2n) is 6.00. The Balaban J connectivity index is 4.71. The lowest BCUT2D eigenvalue weighted by Crippen LogP contribution is -2.36. The minimum Gasteiger partial charge on any atom is -0.264 e. The monoisotopic (exact) mass is 238 g/mol. The van der Waals surface area contributed by atoms with Crippen LogP contribution in [0.15, 0.2) is 0 Å². The number of hydrogen-bond acceptors (Lipinski definition) is 3. The highest BCUT2D eigenvalue weighted by Gasteiger charge is 2.35. The van der Waals surface area contributed by atoms with E-state index in [9.17, 15) is 8.42 Å². The van der Waals surface area contributed by atoms with Crippen LogP contribution in [-0.4, -0.2) is 19.6 Å². The molecular formula is C10H22O4S. The molecule has 0 heterocycles. The Morgan fingerprint density at radius 2 is 1.40 bits per heavy atom. The molecule has 0 fully saturated rings. The van der Waals surface area contributed by atoms with Gasteiger partial charge in [-0.2, -0.15) is 8.42 Å². The Bertz CT molecular complexity index is 278. The molecule has 0 saturated heterocycles. The predicted octanol–water partition coefficient (Wildman–Crippen LogP) is 2.51. The molecule has 0 unspecified atom stereocenters. The summed E-state index contributed by atoms with van der Waals surface area (Å²) < 4.78 is 34.1. The normalized spacial score (nSPS) is 14.7. The first-order valence-corrected chi connectivity index (χ1v) is 6.32. The predicted molar refractivity (Wildman–Crippen MR) is 59.9 cm³/mol. The van der Waals surface area contributed by atoms with E-state index in [0.29, 0.717) is 0 Å². The maximum absolute atomic E-state index is 10.5. The highest BCUT2D eigenvalue weighted by atomic mass is 32.3. The molecule has 0 aromatic carbocycles. The summed E-state index contributed by atoms with van der Waals surface area (Å²) in [6, 6.07) is 0. The summed E-state index contributed by atoms with van der Waals surface area (Å²) in [5.74, 6) is 0.0342. The van der Waals surface area contributed by atoms with Crippen LogP contribution in [0.4, 0.5) is 0 Å². The van der Waals surface area contributed by atoms with Crippen molar-refractivity contribution in [3.05, 3.63) is 0 Å². The third-order valence-electron chi connectivity index (χ3n) is 2.47. The molecule has 0 radical (unpaired) electrons. The Labute approximate surface area is 93.0 Å². The molecule has 0 amide bonds. The Hall–Kier alpha value is -0.130. The van der Waals surface area contributed by atoms with Gasteiger partial charge in [-0.3, -0.25) is 4.55 Å². The topological polar surface area (TPSA) is 63.6 Å². The molecule has 0 aliphatic carbocycles. The van der Waals surface area contributed by atoms with Gasteiger partial charge in [-0.1, -0.05) is 41.5 Å². The minimum atomic E-state index is -4.34. The first kappa shape index (κ1) is 14.9. The van der Waals surface area contributed by atoms with Gasteiger partial charge in [0.2, 0.25) is 0 Å². The SMILES string of the molecule is CC(C)(C)C(COS(=O)(=O)O)C(C)(C)C. The molecule has 0 aliphatic heterocycles. The molecular weight excluding hydrogens is 216 g/mol. The van der Waals surface area contributed by atoms with Crippen molar-refractivity contribution in [2.45, 2.75) is 41.5 Å². The van der Waals surface area contributed by atoms with E-state index in [4.69, 9.17) is 4.55 Å². The Morgan fingerprint density at radius 3 is 1.60 bits per heavy atom. The van der Waals surface area contributed by atoms with Crippen molar-refractivity contribution in [1.82, 2.24) is 0 Å².